The van der Waals surface area contributed by atoms with Crippen LogP contribution >= 0.6 is 0 Å². The molecule has 16 heavy (non-hydrogen) atoms. The summed E-state index contributed by atoms with van der Waals surface area (Å²) in [6.45, 7) is 2.36. The number of carbonyl (C=O) groups excluding carboxylic acids is 1. The first-order chi connectivity index (χ1) is 7.70. The number of rotatable bonds is 5. The van der Waals surface area contributed by atoms with Crippen LogP contribution in [0.1, 0.15) is 31.5 Å². The lowest BCUT2D eigenvalue weighted by Crippen LogP contribution is -2.32. The quantitative estimate of drug-likeness (QED) is 0.712. The van der Waals surface area contributed by atoms with Gasteiger partial charge in [0.2, 0.25) is 5.91 Å². The van der Waals surface area contributed by atoms with Crippen LogP contribution < -0.4 is 11.1 Å². The van der Waals surface area contributed by atoms with E-state index in [1.165, 1.54) is 0 Å². The van der Waals surface area contributed by atoms with E-state index in [4.69, 9.17) is 5.73 Å². The molecule has 0 spiro atoms. The van der Waals surface area contributed by atoms with Crippen molar-refractivity contribution in [3.8, 4) is 0 Å². The lowest BCUT2D eigenvalue weighted by atomic mass is 10.3. The zero-order valence-corrected chi connectivity index (χ0v) is 9.39. The van der Waals surface area contributed by atoms with Gasteiger partial charge in [0.05, 0.1) is 5.69 Å². The van der Waals surface area contributed by atoms with Gasteiger partial charge in [0.25, 0.3) is 0 Å². The van der Waals surface area contributed by atoms with Crippen LogP contribution in [-0.4, -0.2) is 33.5 Å². The van der Waals surface area contributed by atoms with Crippen LogP contribution in [0.25, 0.3) is 0 Å². The molecule has 2 rings (SSSR count). The molecule has 1 aromatic rings. The molecule has 6 heteroatoms. The fraction of sp³-hybridized carbons (Fsp3) is 0.700. The third-order valence-electron chi connectivity index (χ3n) is 2.66. The van der Waals surface area contributed by atoms with Gasteiger partial charge in [0.15, 0.2) is 0 Å². The molecule has 1 atom stereocenters. The van der Waals surface area contributed by atoms with Gasteiger partial charge >= 0.3 is 0 Å². The summed E-state index contributed by atoms with van der Waals surface area (Å²) in [7, 11) is 0. The van der Waals surface area contributed by atoms with E-state index in [0.29, 0.717) is 19.0 Å². The molecule has 0 aliphatic heterocycles. The molecule has 0 aromatic carbocycles. The number of aromatic nitrogens is 3. The van der Waals surface area contributed by atoms with Gasteiger partial charge in [-0.2, -0.15) is 0 Å². The van der Waals surface area contributed by atoms with E-state index >= 15 is 0 Å². The van der Waals surface area contributed by atoms with Crippen molar-refractivity contribution < 1.29 is 4.79 Å². The first kappa shape index (κ1) is 11.1. The van der Waals surface area contributed by atoms with E-state index in [1.807, 2.05) is 6.92 Å². The third-order valence-corrected chi connectivity index (χ3v) is 2.66. The first-order valence-corrected chi connectivity index (χ1v) is 5.62. The largest absolute Gasteiger partial charge is 0.352 e. The Morgan fingerprint density at radius 2 is 2.50 bits per heavy atom. The van der Waals surface area contributed by atoms with Gasteiger partial charge in [-0.05, 0) is 26.3 Å². The van der Waals surface area contributed by atoms with Gasteiger partial charge in [-0.15, -0.1) is 5.10 Å². The highest BCUT2D eigenvalue weighted by Crippen LogP contribution is 2.19. The summed E-state index contributed by atoms with van der Waals surface area (Å²) in [5.74, 6) is 0.00620. The molecule has 0 bridgehead atoms. The van der Waals surface area contributed by atoms with Crippen LogP contribution in [0.15, 0.2) is 6.20 Å². The normalized spacial score (nSPS) is 17.1. The highest BCUT2D eigenvalue weighted by Gasteiger charge is 2.26. The highest BCUT2D eigenvalue weighted by molar-refractivity contribution is 5.80. The van der Waals surface area contributed by atoms with Crippen LogP contribution in [0.4, 0.5) is 0 Å². The van der Waals surface area contributed by atoms with E-state index in [-0.39, 0.29) is 11.9 Å². The Hall–Kier alpha value is -1.43. The predicted molar refractivity (Wildman–Crippen MR) is 58.7 cm³/mol. The summed E-state index contributed by atoms with van der Waals surface area (Å²) in [6.07, 6.45) is 4.66. The maximum atomic E-state index is 11.7. The summed E-state index contributed by atoms with van der Waals surface area (Å²) in [5, 5.41) is 10.8. The number of hydrogen-bond acceptors (Lipinski definition) is 4. The molecule has 1 fully saturated rings. The van der Waals surface area contributed by atoms with Crippen LogP contribution in [0, 0.1) is 0 Å². The molecule has 3 N–H and O–H groups in total. The van der Waals surface area contributed by atoms with Crippen molar-refractivity contribution in [2.45, 2.75) is 38.3 Å². The SMILES string of the molecule is CC(C(=O)NC1CC1)n1cc(CCN)nn1. The second-order valence-electron chi connectivity index (χ2n) is 4.19. The van der Waals surface area contributed by atoms with Crippen LogP contribution in [0.2, 0.25) is 0 Å². The lowest BCUT2D eigenvalue weighted by Gasteiger charge is -2.10. The molecule has 0 saturated heterocycles. The highest BCUT2D eigenvalue weighted by atomic mass is 16.2. The Labute approximate surface area is 94.2 Å². The molecule has 6 nitrogen and oxygen atoms in total. The third kappa shape index (κ3) is 2.57. The summed E-state index contributed by atoms with van der Waals surface area (Å²) >= 11 is 0. The van der Waals surface area contributed by atoms with Crippen LogP contribution in [-0.2, 0) is 11.2 Å². The topological polar surface area (TPSA) is 85.8 Å². The zero-order chi connectivity index (χ0) is 11.5. The average Bonchev–Trinajstić information content (AvgIpc) is 2.95. The second-order valence-corrected chi connectivity index (χ2v) is 4.19. The molecule has 88 valence electrons. The van der Waals surface area contributed by atoms with E-state index < -0.39 is 0 Å². The lowest BCUT2D eigenvalue weighted by molar-refractivity contribution is -0.124. The minimum Gasteiger partial charge on any atom is -0.352 e. The predicted octanol–water partition coefficient (Wildman–Crippen LogP) is -0.381. The van der Waals surface area contributed by atoms with E-state index in [1.54, 1.807) is 10.9 Å². The molecular weight excluding hydrogens is 206 g/mol. The summed E-state index contributed by atoms with van der Waals surface area (Å²) < 4.78 is 1.59. The Bertz CT molecular complexity index is 371. The molecule has 1 aliphatic rings. The number of amides is 1. The minimum absolute atomic E-state index is 0.00620. The smallest absolute Gasteiger partial charge is 0.244 e. The monoisotopic (exact) mass is 223 g/mol. The number of hydrogen-bond donors (Lipinski definition) is 2. The van der Waals surface area contributed by atoms with Gasteiger partial charge in [-0.25, -0.2) is 4.68 Å². The Balaban J connectivity index is 1.95. The first-order valence-electron chi connectivity index (χ1n) is 5.62. The van der Waals surface area contributed by atoms with Crippen molar-refractivity contribution >= 4 is 5.91 Å². The van der Waals surface area contributed by atoms with Crippen LogP contribution in [0.5, 0.6) is 0 Å². The van der Waals surface area contributed by atoms with Crippen molar-refractivity contribution in [3.63, 3.8) is 0 Å². The fourth-order valence-corrected chi connectivity index (χ4v) is 1.43. The Kier molecular flexibility index (Phi) is 3.19. The average molecular weight is 223 g/mol. The summed E-state index contributed by atoms with van der Waals surface area (Å²) in [5.41, 5.74) is 6.25. The zero-order valence-electron chi connectivity index (χ0n) is 9.39. The molecule has 0 radical (unpaired) electrons. The second kappa shape index (κ2) is 4.61. The Morgan fingerprint density at radius 1 is 1.75 bits per heavy atom. The van der Waals surface area contributed by atoms with Crippen molar-refractivity contribution in [2.75, 3.05) is 6.54 Å². The van der Waals surface area contributed by atoms with E-state index in [2.05, 4.69) is 15.6 Å². The number of nitrogens with one attached hydrogen (secondary N) is 1. The number of nitrogens with two attached hydrogens (primary N) is 1. The molecule has 1 aliphatic carbocycles. The summed E-state index contributed by atoms with van der Waals surface area (Å²) in [4.78, 5) is 11.7. The number of carbonyl (C=O) groups is 1. The molecular formula is C10H17N5O. The number of nitrogens with zero attached hydrogens (tertiary/aromatic N) is 3. The van der Waals surface area contributed by atoms with Gasteiger partial charge < -0.3 is 11.1 Å². The van der Waals surface area contributed by atoms with E-state index in [9.17, 15) is 4.79 Å². The summed E-state index contributed by atoms with van der Waals surface area (Å²) in [6, 6.07) is 0.0709. The Morgan fingerprint density at radius 3 is 3.12 bits per heavy atom. The molecule has 1 unspecified atom stereocenters. The fourth-order valence-electron chi connectivity index (χ4n) is 1.43. The molecule has 1 heterocycles. The van der Waals surface area contributed by atoms with Gasteiger partial charge in [0, 0.05) is 18.7 Å². The van der Waals surface area contributed by atoms with Gasteiger partial charge in [0.1, 0.15) is 6.04 Å². The maximum absolute atomic E-state index is 11.7. The van der Waals surface area contributed by atoms with Gasteiger partial charge in [-0.1, -0.05) is 5.21 Å². The minimum atomic E-state index is -0.306. The van der Waals surface area contributed by atoms with E-state index in [0.717, 1.165) is 18.5 Å². The van der Waals surface area contributed by atoms with Crippen molar-refractivity contribution in [2.24, 2.45) is 5.73 Å². The van der Waals surface area contributed by atoms with Crippen molar-refractivity contribution in [1.82, 2.24) is 20.3 Å². The maximum Gasteiger partial charge on any atom is 0.244 e. The van der Waals surface area contributed by atoms with Crippen molar-refractivity contribution in [1.29, 1.82) is 0 Å². The standard InChI is InChI=1S/C10H17N5O/c1-7(10(16)12-8-2-3-8)15-6-9(4-5-11)13-14-15/h6-8H,2-5,11H2,1H3,(H,12,16). The van der Waals surface area contributed by atoms with Crippen molar-refractivity contribution in [3.05, 3.63) is 11.9 Å². The molecule has 1 saturated carbocycles. The van der Waals surface area contributed by atoms with Crippen LogP contribution in [0.3, 0.4) is 0 Å². The van der Waals surface area contributed by atoms with Gasteiger partial charge in [-0.3, -0.25) is 4.79 Å². The molecule has 1 amide bonds. The molecule has 1 aromatic heterocycles.